The normalized spacial score (nSPS) is 21.8. The lowest BCUT2D eigenvalue weighted by atomic mass is 10.1. The number of nitrogens with one attached hydrogen (secondary N) is 2. The van der Waals surface area contributed by atoms with E-state index in [1.807, 2.05) is 0 Å². The lowest BCUT2D eigenvalue weighted by Gasteiger charge is -2.14. The molecule has 1 saturated heterocycles. The molecule has 1 aromatic rings. The van der Waals surface area contributed by atoms with Crippen LogP contribution >= 0.6 is 11.8 Å². The van der Waals surface area contributed by atoms with Gasteiger partial charge in [-0.25, -0.2) is 8.42 Å². The summed E-state index contributed by atoms with van der Waals surface area (Å²) < 4.78 is 28.1. The smallest absolute Gasteiger partial charge is 0.291 e. The number of hydrogen-bond donors (Lipinski definition) is 2. The molecule has 2 amide bonds. The maximum Gasteiger partial charge on any atom is 0.291 e. The monoisotopic (exact) mass is 382 g/mol. The second-order valence-corrected chi connectivity index (χ2v) is 9.01. The van der Waals surface area contributed by atoms with E-state index in [9.17, 15) is 18.0 Å². The van der Waals surface area contributed by atoms with Crippen molar-refractivity contribution in [3.63, 3.8) is 0 Å². The molecule has 1 aromatic carbocycles. The van der Waals surface area contributed by atoms with Gasteiger partial charge in [-0.3, -0.25) is 9.59 Å². The Morgan fingerprint density at radius 3 is 2.52 bits per heavy atom. The van der Waals surface area contributed by atoms with Gasteiger partial charge in [-0.15, -0.1) is 11.8 Å². The molecule has 134 valence electrons. The van der Waals surface area contributed by atoms with Gasteiger partial charge in [0.25, 0.3) is 11.8 Å². The molecule has 1 fully saturated rings. The minimum atomic E-state index is -3.04. The zero-order chi connectivity index (χ0) is 17.9. The van der Waals surface area contributed by atoms with E-state index < -0.39 is 9.84 Å². The summed E-state index contributed by atoms with van der Waals surface area (Å²) in [4.78, 5) is 24.2. The summed E-state index contributed by atoms with van der Waals surface area (Å²) in [6, 6.07) is 6.06. The lowest BCUT2D eigenvalue weighted by molar-refractivity contribution is -0.116. The van der Waals surface area contributed by atoms with Gasteiger partial charge in [0.05, 0.1) is 18.1 Å². The quantitative estimate of drug-likeness (QED) is 0.810. The van der Waals surface area contributed by atoms with Crippen molar-refractivity contribution in [3.05, 3.63) is 41.0 Å². The van der Waals surface area contributed by atoms with Crippen molar-refractivity contribution < 1.29 is 22.7 Å². The van der Waals surface area contributed by atoms with Crippen LogP contribution in [0.25, 0.3) is 0 Å². The number of benzene rings is 1. The van der Waals surface area contributed by atoms with Crippen LogP contribution in [0.3, 0.4) is 0 Å². The van der Waals surface area contributed by atoms with Crippen LogP contribution in [0.5, 0.6) is 0 Å². The molecule has 0 radical (unpaired) electrons. The van der Waals surface area contributed by atoms with E-state index >= 15 is 0 Å². The van der Waals surface area contributed by atoms with Gasteiger partial charge < -0.3 is 15.4 Å². The zero-order valence-corrected chi connectivity index (χ0v) is 15.0. The Labute approximate surface area is 150 Å². The molecule has 0 saturated carbocycles. The fourth-order valence-corrected chi connectivity index (χ4v) is 4.86. The molecular formula is C16H18N2O5S2. The molecule has 2 aliphatic heterocycles. The van der Waals surface area contributed by atoms with Crippen molar-refractivity contribution in [1.82, 2.24) is 5.32 Å². The lowest BCUT2D eigenvalue weighted by Crippen LogP contribution is -2.35. The third kappa shape index (κ3) is 4.76. The van der Waals surface area contributed by atoms with Crippen LogP contribution in [-0.2, 0) is 19.4 Å². The van der Waals surface area contributed by atoms with Gasteiger partial charge in [-0.1, -0.05) is 0 Å². The maximum absolute atomic E-state index is 12.2. The molecule has 2 heterocycles. The Hall–Kier alpha value is -2.00. The summed E-state index contributed by atoms with van der Waals surface area (Å²) in [5.41, 5.74) is 0.955. The molecule has 0 bridgehead atoms. The molecular weight excluding hydrogens is 364 g/mol. The average Bonchev–Trinajstić information content (AvgIpc) is 2.94. The van der Waals surface area contributed by atoms with E-state index in [0.717, 1.165) is 5.75 Å². The van der Waals surface area contributed by atoms with Crippen LogP contribution in [0.2, 0.25) is 0 Å². The summed E-state index contributed by atoms with van der Waals surface area (Å²) in [6.45, 7) is 0.500. The third-order valence-electron chi connectivity index (χ3n) is 3.85. The molecule has 0 spiro atoms. The van der Waals surface area contributed by atoms with E-state index in [1.54, 1.807) is 29.7 Å². The van der Waals surface area contributed by atoms with Crippen molar-refractivity contribution in [3.8, 4) is 0 Å². The van der Waals surface area contributed by atoms with Crippen molar-refractivity contribution in [2.75, 3.05) is 29.2 Å². The number of sulfone groups is 1. The first-order valence-electron chi connectivity index (χ1n) is 7.80. The topological polar surface area (TPSA) is 102 Å². The molecule has 2 aliphatic rings. The number of ether oxygens (including phenoxy) is 1. The maximum atomic E-state index is 12.2. The second-order valence-electron chi connectivity index (χ2n) is 5.81. The molecule has 0 aromatic heterocycles. The van der Waals surface area contributed by atoms with Crippen LogP contribution < -0.4 is 10.6 Å². The Morgan fingerprint density at radius 1 is 1.16 bits per heavy atom. The minimum absolute atomic E-state index is 0.0139. The van der Waals surface area contributed by atoms with Gasteiger partial charge in [-0.2, -0.15) is 0 Å². The van der Waals surface area contributed by atoms with Crippen LogP contribution in [0, 0.1) is 0 Å². The Bertz CT molecular complexity index is 802. The van der Waals surface area contributed by atoms with Crippen LogP contribution in [0.1, 0.15) is 16.8 Å². The minimum Gasteiger partial charge on any atom is -0.487 e. The van der Waals surface area contributed by atoms with Crippen molar-refractivity contribution >= 4 is 39.1 Å². The second kappa shape index (κ2) is 7.49. The first kappa shape index (κ1) is 17.8. The largest absolute Gasteiger partial charge is 0.487 e. The highest BCUT2D eigenvalue weighted by molar-refractivity contribution is 8.02. The summed E-state index contributed by atoms with van der Waals surface area (Å²) in [5, 5.41) is 7.11. The first-order valence-corrected chi connectivity index (χ1v) is 10.7. The van der Waals surface area contributed by atoms with Gasteiger partial charge in [0.1, 0.15) is 0 Å². The highest BCUT2D eigenvalue weighted by Crippen LogP contribution is 2.18. The molecule has 7 nitrogen and oxygen atoms in total. The predicted molar refractivity (Wildman–Crippen MR) is 96.1 cm³/mol. The van der Waals surface area contributed by atoms with Crippen molar-refractivity contribution in [2.45, 2.75) is 12.5 Å². The van der Waals surface area contributed by atoms with E-state index in [2.05, 4.69) is 10.6 Å². The van der Waals surface area contributed by atoms with Crippen LogP contribution in [0.15, 0.2) is 35.4 Å². The summed E-state index contributed by atoms with van der Waals surface area (Å²) >= 11 is 1.52. The predicted octanol–water partition coefficient (Wildman–Crippen LogP) is 1.15. The molecule has 3 rings (SSSR count). The van der Waals surface area contributed by atoms with Gasteiger partial charge in [-0.05, 0) is 30.7 Å². The molecule has 2 N–H and O–H groups in total. The van der Waals surface area contributed by atoms with E-state index in [-0.39, 0.29) is 35.1 Å². The number of rotatable bonds is 4. The average molecular weight is 382 g/mol. The van der Waals surface area contributed by atoms with Gasteiger partial charge in [0, 0.05) is 28.5 Å². The van der Waals surface area contributed by atoms with Crippen LogP contribution in [-0.4, -0.2) is 50.1 Å². The molecule has 1 atom stereocenters. The first-order chi connectivity index (χ1) is 11.9. The summed E-state index contributed by atoms with van der Waals surface area (Å²) in [7, 11) is -3.04. The van der Waals surface area contributed by atoms with E-state index in [4.69, 9.17) is 4.74 Å². The molecule has 0 aliphatic carbocycles. The van der Waals surface area contributed by atoms with E-state index in [0.29, 0.717) is 24.3 Å². The standard InChI is InChI=1S/C16H18N2O5S2/c19-15(18-13-5-8-25(21,22)10-13)11-1-3-12(4-2-11)17-16(20)14-9-24-7-6-23-14/h1-4,9,13H,5-8,10H2,(H,17,20)(H,18,19)/t13-/m0/s1. The summed E-state index contributed by atoms with van der Waals surface area (Å²) in [5.74, 6) is 0.540. The third-order valence-corrected chi connectivity index (χ3v) is 6.40. The van der Waals surface area contributed by atoms with Crippen LogP contribution in [0.4, 0.5) is 5.69 Å². The Morgan fingerprint density at radius 2 is 1.92 bits per heavy atom. The van der Waals surface area contributed by atoms with Gasteiger partial charge in [0.2, 0.25) is 0 Å². The zero-order valence-electron chi connectivity index (χ0n) is 13.4. The molecule has 0 unspecified atom stereocenters. The van der Waals surface area contributed by atoms with Gasteiger partial charge in [0.15, 0.2) is 15.6 Å². The highest BCUT2D eigenvalue weighted by Gasteiger charge is 2.29. The fraction of sp³-hybridized carbons (Fsp3) is 0.375. The van der Waals surface area contributed by atoms with E-state index in [1.165, 1.54) is 11.8 Å². The van der Waals surface area contributed by atoms with Crippen molar-refractivity contribution in [2.24, 2.45) is 0 Å². The molecule has 25 heavy (non-hydrogen) atoms. The Kier molecular flexibility index (Phi) is 5.33. The number of carbonyl (C=O) groups excluding carboxylic acids is 2. The number of carbonyl (C=O) groups is 2. The Balaban J connectivity index is 1.57. The number of anilines is 1. The highest BCUT2D eigenvalue weighted by atomic mass is 32.2. The van der Waals surface area contributed by atoms with Crippen molar-refractivity contribution in [1.29, 1.82) is 0 Å². The number of amides is 2. The molecule has 9 heteroatoms. The fourth-order valence-electron chi connectivity index (χ4n) is 2.56. The van der Waals surface area contributed by atoms with Gasteiger partial charge >= 0.3 is 0 Å². The summed E-state index contributed by atoms with van der Waals surface area (Å²) in [6.07, 6.45) is 0.440. The number of hydrogen-bond acceptors (Lipinski definition) is 6. The SMILES string of the molecule is O=C(Nc1ccc(C(=O)N[C@H]2CCS(=O)(=O)C2)cc1)C1=CSCCO1. The number of thioether (sulfide) groups is 1.